The second kappa shape index (κ2) is 6.32. The normalized spacial score (nSPS) is 11.2. The molecule has 1 aromatic rings. The Kier molecular flexibility index (Phi) is 5.02. The van der Waals surface area contributed by atoms with E-state index in [0.717, 1.165) is 11.2 Å². The number of hydrogen-bond donors (Lipinski definition) is 2. The van der Waals surface area contributed by atoms with Crippen LogP contribution in [0.15, 0.2) is 6.33 Å². The lowest BCUT2D eigenvalue weighted by molar-refractivity contribution is -0.383. The van der Waals surface area contributed by atoms with Crippen LogP contribution in [0, 0.1) is 10.1 Å². The summed E-state index contributed by atoms with van der Waals surface area (Å²) in [5, 5.41) is 11.0. The fourth-order valence-electron chi connectivity index (χ4n) is 1.62. The number of rotatable bonds is 6. The molecule has 1 heterocycles. The van der Waals surface area contributed by atoms with Gasteiger partial charge in [0.05, 0.1) is 4.92 Å². The van der Waals surface area contributed by atoms with E-state index in [1.807, 2.05) is 5.43 Å². The second-order valence-electron chi connectivity index (χ2n) is 3.83. The van der Waals surface area contributed by atoms with E-state index in [0.29, 0.717) is 6.42 Å². The third kappa shape index (κ3) is 3.91. The van der Waals surface area contributed by atoms with Crippen LogP contribution in [0.5, 0.6) is 0 Å². The predicted molar refractivity (Wildman–Crippen MR) is 65.1 cm³/mol. The van der Waals surface area contributed by atoms with Crippen LogP contribution in [0.3, 0.4) is 0 Å². The number of alkyl halides is 3. The monoisotopic (exact) mass is 294 g/mol. The highest BCUT2D eigenvalue weighted by Crippen LogP contribution is 2.32. The van der Waals surface area contributed by atoms with Crippen LogP contribution in [0.1, 0.15) is 13.3 Å². The van der Waals surface area contributed by atoms with E-state index >= 15 is 0 Å². The molecular formula is C9H13F3N6O2. The number of aromatic nitrogens is 2. The Morgan fingerprint density at radius 1 is 1.50 bits per heavy atom. The first-order chi connectivity index (χ1) is 9.30. The number of nitrogens with two attached hydrogens (primary N) is 1. The number of nitrogens with zero attached hydrogens (tertiary/aromatic N) is 4. The third-order valence-corrected chi connectivity index (χ3v) is 2.29. The molecule has 0 radical (unpaired) electrons. The molecule has 0 fully saturated rings. The number of nitrogen functional groups attached to an aromatic ring is 1. The van der Waals surface area contributed by atoms with Gasteiger partial charge in [0.25, 0.3) is 0 Å². The predicted octanol–water partition coefficient (Wildman–Crippen LogP) is 1.45. The summed E-state index contributed by atoms with van der Waals surface area (Å²) in [5.74, 6) is 4.31. The fourth-order valence-corrected chi connectivity index (χ4v) is 1.62. The first-order valence-electron chi connectivity index (χ1n) is 5.57. The zero-order chi connectivity index (χ0) is 15.3. The highest BCUT2D eigenvalue weighted by atomic mass is 19.4. The summed E-state index contributed by atoms with van der Waals surface area (Å²) in [5.41, 5.74) is 1.29. The maximum atomic E-state index is 12.5. The summed E-state index contributed by atoms with van der Waals surface area (Å²) < 4.78 is 37.6. The van der Waals surface area contributed by atoms with Gasteiger partial charge in [-0.2, -0.15) is 13.2 Å². The van der Waals surface area contributed by atoms with Crippen molar-refractivity contribution in [3.8, 4) is 0 Å². The minimum Gasteiger partial charge on any atom is -0.342 e. The van der Waals surface area contributed by atoms with Crippen LogP contribution >= 0.6 is 0 Å². The van der Waals surface area contributed by atoms with Gasteiger partial charge >= 0.3 is 11.9 Å². The quantitative estimate of drug-likeness (QED) is 0.464. The van der Waals surface area contributed by atoms with Crippen molar-refractivity contribution in [1.82, 2.24) is 9.97 Å². The Morgan fingerprint density at radius 2 is 2.15 bits per heavy atom. The molecule has 8 nitrogen and oxygen atoms in total. The van der Waals surface area contributed by atoms with E-state index < -0.39 is 29.1 Å². The topological polar surface area (TPSA) is 110 Å². The maximum absolute atomic E-state index is 12.5. The van der Waals surface area contributed by atoms with Gasteiger partial charge in [-0.25, -0.2) is 15.8 Å². The lowest BCUT2D eigenvalue weighted by Gasteiger charge is -2.24. The van der Waals surface area contributed by atoms with Crippen LogP contribution in [0.4, 0.5) is 30.5 Å². The Morgan fingerprint density at radius 3 is 2.60 bits per heavy atom. The van der Waals surface area contributed by atoms with Gasteiger partial charge in [-0.05, 0) is 6.42 Å². The molecule has 0 saturated heterocycles. The van der Waals surface area contributed by atoms with Crippen molar-refractivity contribution in [2.75, 3.05) is 23.4 Å². The molecule has 0 amide bonds. The van der Waals surface area contributed by atoms with Crippen LogP contribution in [-0.4, -0.2) is 34.2 Å². The van der Waals surface area contributed by atoms with Crippen molar-refractivity contribution >= 4 is 17.3 Å². The molecule has 1 aromatic heterocycles. The third-order valence-electron chi connectivity index (χ3n) is 2.29. The van der Waals surface area contributed by atoms with Crippen molar-refractivity contribution in [1.29, 1.82) is 0 Å². The second-order valence-corrected chi connectivity index (χ2v) is 3.83. The van der Waals surface area contributed by atoms with Gasteiger partial charge in [0.1, 0.15) is 12.9 Å². The minimum absolute atomic E-state index is 0.0403. The Balaban J connectivity index is 3.28. The van der Waals surface area contributed by atoms with Gasteiger partial charge in [-0.1, -0.05) is 6.92 Å². The molecule has 0 unspecified atom stereocenters. The molecule has 0 saturated carbocycles. The maximum Gasteiger partial charge on any atom is 0.405 e. The Bertz CT molecular complexity index is 481. The molecule has 0 aliphatic carbocycles. The molecule has 0 spiro atoms. The fraction of sp³-hybridized carbons (Fsp3) is 0.556. The van der Waals surface area contributed by atoms with E-state index in [-0.39, 0.29) is 12.4 Å². The van der Waals surface area contributed by atoms with Crippen molar-refractivity contribution < 1.29 is 18.1 Å². The molecule has 0 aromatic carbocycles. The highest BCUT2D eigenvalue weighted by molar-refractivity contribution is 5.69. The van der Waals surface area contributed by atoms with Crippen LogP contribution < -0.4 is 16.2 Å². The average Bonchev–Trinajstić information content (AvgIpc) is 2.35. The van der Waals surface area contributed by atoms with E-state index in [2.05, 4.69) is 9.97 Å². The van der Waals surface area contributed by atoms with Gasteiger partial charge in [0, 0.05) is 6.54 Å². The van der Waals surface area contributed by atoms with Gasteiger partial charge in [0.15, 0.2) is 0 Å². The largest absolute Gasteiger partial charge is 0.405 e. The molecular weight excluding hydrogens is 281 g/mol. The number of nitrogens with one attached hydrogen (secondary N) is 1. The first-order valence-corrected chi connectivity index (χ1v) is 5.57. The molecule has 0 aliphatic rings. The van der Waals surface area contributed by atoms with E-state index in [1.54, 1.807) is 6.92 Å². The first kappa shape index (κ1) is 15.9. The number of nitro groups is 1. The van der Waals surface area contributed by atoms with Gasteiger partial charge < -0.3 is 10.3 Å². The zero-order valence-electron chi connectivity index (χ0n) is 10.5. The molecule has 0 bridgehead atoms. The molecule has 11 heteroatoms. The number of hydrazine groups is 1. The molecule has 0 atom stereocenters. The Hall–Kier alpha value is -2.17. The molecule has 1 rings (SSSR count). The van der Waals surface area contributed by atoms with Crippen molar-refractivity contribution in [2.24, 2.45) is 5.84 Å². The van der Waals surface area contributed by atoms with Crippen molar-refractivity contribution in [2.45, 2.75) is 19.5 Å². The van der Waals surface area contributed by atoms with Crippen molar-refractivity contribution in [3.63, 3.8) is 0 Å². The molecule has 0 aliphatic heterocycles. The summed E-state index contributed by atoms with van der Waals surface area (Å²) in [6.07, 6.45) is -3.23. The number of anilines is 2. The van der Waals surface area contributed by atoms with Crippen LogP contribution in [-0.2, 0) is 0 Å². The number of hydrogen-bond acceptors (Lipinski definition) is 7. The van der Waals surface area contributed by atoms with Gasteiger partial charge in [-0.3, -0.25) is 10.1 Å². The summed E-state index contributed by atoms with van der Waals surface area (Å²) in [6, 6.07) is 0. The molecule has 3 N–H and O–H groups in total. The van der Waals surface area contributed by atoms with Crippen LogP contribution in [0.25, 0.3) is 0 Å². The minimum atomic E-state index is -4.51. The summed E-state index contributed by atoms with van der Waals surface area (Å²) in [4.78, 5) is 18.0. The number of halogens is 3. The van der Waals surface area contributed by atoms with Gasteiger partial charge in [-0.15, -0.1) is 0 Å². The lowest BCUT2D eigenvalue weighted by atomic mass is 10.3. The lowest BCUT2D eigenvalue weighted by Crippen LogP contribution is -2.36. The molecule has 112 valence electrons. The molecule has 20 heavy (non-hydrogen) atoms. The van der Waals surface area contributed by atoms with E-state index in [9.17, 15) is 23.3 Å². The van der Waals surface area contributed by atoms with Gasteiger partial charge in [0.2, 0.25) is 11.6 Å². The smallest absolute Gasteiger partial charge is 0.342 e. The van der Waals surface area contributed by atoms with E-state index in [1.165, 1.54) is 0 Å². The standard InChI is InChI=1S/C9H13F3N6O2/c1-2-3-17(4-9(10,11)12)8-6(18(19)20)7(16-13)14-5-15-8/h5H,2-4,13H2,1H3,(H,14,15,16). The average molecular weight is 294 g/mol. The summed E-state index contributed by atoms with van der Waals surface area (Å²) in [6.45, 7) is 0.266. The highest BCUT2D eigenvalue weighted by Gasteiger charge is 2.35. The summed E-state index contributed by atoms with van der Waals surface area (Å²) >= 11 is 0. The summed E-state index contributed by atoms with van der Waals surface area (Å²) in [7, 11) is 0. The van der Waals surface area contributed by atoms with Crippen LogP contribution in [0.2, 0.25) is 0 Å². The SMILES string of the molecule is CCCN(CC(F)(F)F)c1ncnc(NN)c1[N+](=O)[O-]. The zero-order valence-corrected chi connectivity index (χ0v) is 10.5. The van der Waals surface area contributed by atoms with E-state index in [4.69, 9.17) is 5.84 Å². The Labute approximate surface area is 111 Å². The van der Waals surface area contributed by atoms with Crippen molar-refractivity contribution in [3.05, 3.63) is 16.4 Å².